The maximum atomic E-state index is 4.34. The summed E-state index contributed by atoms with van der Waals surface area (Å²) in [6.45, 7) is 7.77. The molecule has 0 saturated carbocycles. The molecule has 134 valence electrons. The molecule has 3 heterocycles. The van der Waals surface area contributed by atoms with Gasteiger partial charge in [-0.3, -0.25) is 14.3 Å². The number of aromatic nitrogens is 3. The number of nitrogens with one attached hydrogen (secondary N) is 2. The molecule has 7 nitrogen and oxygen atoms in total. The first-order valence-corrected chi connectivity index (χ1v) is 8.89. The van der Waals surface area contributed by atoms with Crippen LogP contribution in [0.4, 0.5) is 0 Å². The standard InChI is InChI=1S/C18H27N7/c1-3-11-24-13-8-15(9-14-24)21-18(19-2)20-10-7-17-23-22-16-6-4-5-12-25(16)17/h3-6,12,15H,1,7-11,13-14H2,2H3,(H2,19,20,21). The summed E-state index contributed by atoms with van der Waals surface area (Å²) in [6, 6.07) is 6.40. The van der Waals surface area contributed by atoms with Crippen molar-refractivity contribution in [2.45, 2.75) is 25.3 Å². The lowest BCUT2D eigenvalue weighted by Crippen LogP contribution is -2.49. The molecule has 7 heteroatoms. The second-order valence-electron chi connectivity index (χ2n) is 6.30. The second kappa shape index (κ2) is 8.62. The van der Waals surface area contributed by atoms with Crippen LogP contribution in [-0.2, 0) is 6.42 Å². The number of hydrogen-bond donors (Lipinski definition) is 2. The van der Waals surface area contributed by atoms with Gasteiger partial charge in [-0.05, 0) is 25.0 Å². The van der Waals surface area contributed by atoms with Crippen molar-refractivity contribution in [3.63, 3.8) is 0 Å². The van der Waals surface area contributed by atoms with E-state index in [2.05, 4.69) is 37.3 Å². The van der Waals surface area contributed by atoms with Gasteiger partial charge < -0.3 is 10.6 Å². The summed E-state index contributed by atoms with van der Waals surface area (Å²) >= 11 is 0. The number of fused-ring (bicyclic) bond motifs is 1. The van der Waals surface area contributed by atoms with Crippen molar-refractivity contribution in [1.82, 2.24) is 30.1 Å². The van der Waals surface area contributed by atoms with Crippen LogP contribution in [0.1, 0.15) is 18.7 Å². The summed E-state index contributed by atoms with van der Waals surface area (Å²) in [5.41, 5.74) is 0.881. The number of hydrogen-bond acceptors (Lipinski definition) is 4. The molecular weight excluding hydrogens is 314 g/mol. The molecule has 0 radical (unpaired) electrons. The highest BCUT2D eigenvalue weighted by Gasteiger charge is 2.19. The zero-order valence-corrected chi connectivity index (χ0v) is 14.9. The van der Waals surface area contributed by atoms with Crippen molar-refractivity contribution < 1.29 is 0 Å². The Morgan fingerprint density at radius 3 is 2.96 bits per heavy atom. The van der Waals surface area contributed by atoms with Gasteiger partial charge in [-0.15, -0.1) is 16.8 Å². The first-order chi connectivity index (χ1) is 12.3. The predicted molar refractivity (Wildman–Crippen MR) is 101 cm³/mol. The molecular formula is C18H27N7. The fraction of sp³-hybridized carbons (Fsp3) is 0.500. The number of nitrogens with zero attached hydrogens (tertiary/aromatic N) is 5. The summed E-state index contributed by atoms with van der Waals surface area (Å²) in [7, 11) is 1.81. The molecule has 0 bridgehead atoms. The Morgan fingerprint density at radius 2 is 2.20 bits per heavy atom. The molecule has 25 heavy (non-hydrogen) atoms. The van der Waals surface area contributed by atoms with Crippen LogP contribution in [-0.4, -0.2) is 64.7 Å². The van der Waals surface area contributed by atoms with E-state index in [1.54, 1.807) is 0 Å². The molecule has 0 amide bonds. The van der Waals surface area contributed by atoms with Crippen LogP contribution in [0.25, 0.3) is 5.65 Å². The van der Waals surface area contributed by atoms with Crippen LogP contribution in [0, 0.1) is 0 Å². The van der Waals surface area contributed by atoms with E-state index < -0.39 is 0 Å². The molecule has 1 aliphatic heterocycles. The molecule has 2 N–H and O–H groups in total. The van der Waals surface area contributed by atoms with Gasteiger partial charge in [-0.2, -0.15) is 0 Å². The fourth-order valence-corrected chi connectivity index (χ4v) is 3.18. The number of rotatable bonds is 6. The van der Waals surface area contributed by atoms with E-state index in [0.717, 1.165) is 62.9 Å². The molecule has 0 unspecified atom stereocenters. The Hall–Kier alpha value is -2.41. The van der Waals surface area contributed by atoms with Gasteiger partial charge in [-0.1, -0.05) is 12.1 Å². The zero-order valence-electron chi connectivity index (χ0n) is 14.9. The fourth-order valence-electron chi connectivity index (χ4n) is 3.18. The first kappa shape index (κ1) is 17.4. The zero-order chi connectivity index (χ0) is 17.5. The molecule has 1 fully saturated rings. The lowest BCUT2D eigenvalue weighted by atomic mass is 10.1. The molecule has 1 aliphatic rings. The van der Waals surface area contributed by atoms with Gasteiger partial charge in [0.1, 0.15) is 5.82 Å². The highest BCUT2D eigenvalue weighted by Crippen LogP contribution is 2.10. The molecule has 2 aromatic heterocycles. The molecule has 0 atom stereocenters. The molecule has 1 saturated heterocycles. The van der Waals surface area contributed by atoms with Crippen LogP contribution >= 0.6 is 0 Å². The predicted octanol–water partition coefficient (Wildman–Crippen LogP) is 1.09. The maximum absolute atomic E-state index is 4.34. The monoisotopic (exact) mass is 341 g/mol. The Kier molecular flexibility index (Phi) is 6.00. The van der Waals surface area contributed by atoms with Gasteiger partial charge in [0.25, 0.3) is 0 Å². The number of guanidine groups is 1. The Labute approximate surface area is 148 Å². The molecule has 0 aliphatic carbocycles. The van der Waals surface area contributed by atoms with E-state index in [9.17, 15) is 0 Å². The minimum atomic E-state index is 0.473. The van der Waals surface area contributed by atoms with Crippen LogP contribution in [0.15, 0.2) is 42.0 Å². The molecule has 3 rings (SSSR count). The van der Waals surface area contributed by atoms with Crippen LogP contribution in [0.3, 0.4) is 0 Å². The van der Waals surface area contributed by atoms with Crippen molar-refractivity contribution in [2.75, 3.05) is 33.2 Å². The van der Waals surface area contributed by atoms with Gasteiger partial charge in [0.2, 0.25) is 0 Å². The van der Waals surface area contributed by atoms with Crippen molar-refractivity contribution in [1.29, 1.82) is 0 Å². The Morgan fingerprint density at radius 1 is 1.36 bits per heavy atom. The van der Waals surface area contributed by atoms with E-state index in [4.69, 9.17) is 0 Å². The average molecular weight is 341 g/mol. The van der Waals surface area contributed by atoms with Gasteiger partial charge >= 0.3 is 0 Å². The summed E-state index contributed by atoms with van der Waals surface area (Å²) in [6.07, 6.45) is 7.02. The van der Waals surface area contributed by atoms with Crippen molar-refractivity contribution in [3.8, 4) is 0 Å². The van der Waals surface area contributed by atoms with Gasteiger partial charge in [-0.25, -0.2) is 0 Å². The molecule has 0 aromatic carbocycles. The topological polar surface area (TPSA) is 69.8 Å². The van der Waals surface area contributed by atoms with Gasteiger partial charge in [0.05, 0.1) is 0 Å². The van der Waals surface area contributed by atoms with Crippen molar-refractivity contribution in [3.05, 3.63) is 42.9 Å². The smallest absolute Gasteiger partial charge is 0.191 e. The number of pyridine rings is 1. The Bertz CT molecular complexity index is 713. The third-order valence-corrected chi connectivity index (χ3v) is 4.56. The second-order valence-corrected chi connectivity index (χ2v) is 6.30. The van der Waals surface area contributed by atoms with Crippen LogP contribution in [0.2, 0.25) is 0 Å². The largest absolute Gasteiger partial charge is 0.356 e. The van der Waals surface area contributed by atoms with Crippen LogP contribution in [0.5, 0.6) is 0 Å². The normalized spacial score (nSPS) is 16.9. The summed E-state index contributed by atoms with van der Waals surface area (Å²) in [5, 5.41) is 15.4. The van der Waals surface area contributed by atoms with Crippen LogP contribution < -0.4 is 10.6 Å². The van der Waals surface area contributed by atoms with Gasteiger partial charge in [0, 0.05) is 51.9 Å². The lowest BCUT2D eigenvalue weighted by Gasteiger charge is -2.32. The molecule has 2 aromatic rings. The quantitative estimate of drug-likeness (QED) is 0.468. The third-order valence-electron chi connectivity index (χ3n) is 4.56. The third kappa shape index (κ3) is 4.57. The summed E-state index contributed by atoms with van der Waals surface area (Å²) in [4.78, 5) is 6.77. The SMILES string of the molecule is C=CCN1CCC(NC(=NC)NCCc2nnc3ccccn23)CC1. The van der Waals surface area contributed by atoms with E-state index in [0.29, 0.717) is 6.04 Å². The summed E-state index contributed by atoms with van der Waals surface area (Å²) in [5.74, 6) is 1.81. The van der Waals surface area contributed by atoms with Crippen molar-refractivity contribution in [2.24, 2.45) is 4.99 Å². The van der Waals surface area contributed by atoms with Gasteiger partial charge in [0.15, 0.2) is 11.6 Å². The minimum Gasteiger partial charge on any atom is -0.356 e. The number of aliphatic imine (C=N–C) groups is 1. The van der Waals surface area contributed by atoms with E-state index in [1.165, 1.54) is 0 Å². The highest BCUT2D eigenvalue weighted by molar-refractivity contribution is 5.79. The maximum Gasteiger partial charge on any atom is 0.191 e. The van der Waals surface area contributed by atoms with E-state index in [-0.39, 0.29) is 0 Å². The lowest BCUT2D eigenvalue weighted by molar-refractivity contribution is 0.225. The number of likely N-dealkylation sites (tertiary alicyclic amines) is 1. The molecule has 0 spiro atoms. The van der Waals surface area contributed by atoms with E-state index >= 15 is 0 Å². The van der Waals surface area contributed by atoms with Crippen molar-refractivity contribution >= 4 is 11.6 Å². The minimum absolute atomic E-state index is 0.473. The first-order valence-electron chi connectivity index (χ1n) is 8.89. The van der Waals surface area contributed by atoms with E-state index in [1.807, 2.05) is 41.9 Å². The summed E-state index contributed by atoms with van der Waals surface area (Å²) < 4.78 is 2.02. The highest BCUT2D eigenvalue weighted by atomic mass is 15.2. The Balaban J connectivity index is 1.45. The average Bonchev–Trinajstić information content (AvgIpc) is 3.06. The number of piperidine rings is 1.